The fraction of sp³-hybridized carbons (Fsp3) is 0.143. The van der Waals surface area contributed by atoms with Crippen molar-refractivity contribution in [2.45, 2.75) is 11.8 Å². The molecule has 0 aliphatic carbocycles. The minimum atomic E-state index is -2.30. The monoisotopic (exact) mass is 223 g/mol. The van der Waals surface area contributed by atoms with Crippen molar-refractivity contribution in [3.8, 4) is 0 Å². The third kappa shape index (κ3) is 1.98. The molecule has 0 aromatic heterocycles. The summed E-state index contributed by atoms with van der Waals surface area (Å²) in [5, 5.41) is 0.619. The Balaban J connectivity index is 3.33. The molecule has 2 nitrogen and oxygen atoms in total. The Morgan fingerprint density at radius 2 is 1.92 bits per heavy atom. The Morgan fingerprint density at radius 1 is 1.33 bits per heavy atom. The number of rotatable bonds is 1. The van der Waals surface area contributed by atoms with E-state index in [1.807, 2.05) is 0 Å². The van der Waals surface area contributed by atoms with E-state index < -0.39 is 11.1 Å². The molecule has 0 aliphatic rings. The van der Waals surface area contributed by atoms with Crippen LogP contribution in [-0.2, 0) is 11.1 Å². The Kier molecular flexibility index (Phi) is 3.12. The molecule has 0 radical (unpaired) electrons. The molecular weight excluding hydrogens is 219 g/mol. The van der Waals surface area contributed by atoms with Gasteiger partial charge in [0.2, 0.25) is 0 Å². The van der Waals surface area contributed by atoms with Crippen molar-refractivity contribution in [3.63, 3.8) is 0 Å². The molecule has 66 valence electrons. The van der Waals surface area contributed by atoms with Crippen molar-refractivity contribution >= 4 is 34.3 Å². The lowest BCUT2D eigenvalue weighted by Gasteiger charge is -2.09. The van der Waals surface area contributed by atoms with Crippen molar-refractivity contribution < 1.29 is 8.76 Å². The van der Waals surface area contributed by atoms with Gasteiger partial charge in [-0.2, -0.15) is 0 Å². The molecule has 0 heterocycles. The van der Waals surface area contributed by atoms with Crippen LogP contribution in [0, 0.1) is 6.92 Å². The molecule has 12 heavy (non-hydrogen) atoms. The second kappa shape index (κ2) is 3.75. The number of hydrogen-bond donors (Lipinski definition) is 0. The first-order valence-electron chi connectivity index (χ1n) is 3.07. The summed E-state index contributed by atoms with van der Waals surface area (Å²) in [6.45, 7) is 1.72. The van der Waals surface area contributed by atoms with Crippen LogP contribution < -0.4 is 0 Å². The van der Waals surface area contributed by atoms with Gasteiger partial charge in [0.25, 0.3) is 0 Å². The summed E-state index contributed by atoms with van der Waals surface area (Å²) in [7, 11) is 0. The van der Waals surface area contributed by atoms with Gasteiger partial charge in [0, 0.05) is 9.92 Å². The highest BCUT2D eigenvalue weighted by molar-refractivity contribution is 7.79. The van der Waals surface area contributed by atoms with Crippen molar-refractivity contribution in [2.24, 2.45) is 0 Å². The van der Waals surface area contributed by atoms with Crippen LogP contribution in [0.3, 0.4) is 0 Å². The van der Waals surface area contributed by atoms with E-state index in [1.165, 1.54) is 12.1 Å². The summed E-state index contributed by atoms with van der Waals surface area (Å²) in [5.74, 6) is 0. The van der Waals surface area contributed by atoms with E-state index in [9.17, 15) is 8.76 Å². The lowest BCUT2D eigenvalue weighted by atomic mass is 10.2. The van der Waals surface area contributed by atoms with Crippen LogP contribution in [0.5, 0.6) is 0 Å². The molecule has 0 bridgehead atoms. The third-order valence-corrected chi connectivity index (χ3v) is 2.92. The van der Waals surface area contributed by atoms with Crippen LogP contribution in [0.2, 0.25) is 10.0 Å². The van der Waals surface area contributed by atoms with E-state index in [0.717, 1.165) is 0 Å². The normalized spacial score (nSPS) is 13.0. The molecule has 1 unspecified atom stereocenters. The highest BCUT2D eigenvalue weighted by Crippen LogP contribution is 2.26. The zero-order valence-electron chi connectivity index (χ0n) is 6.14. The third-order valence-electron chi connectivity index (χ3n) is 1.39. The summed E-state index contributed by atoms with van der Waals surface area (Å²) in [6.07, 6.45) is 0. The number of aryl methyl sites for hydroxylation is 1. The summed E-state index contributed by atoms with van der Waals surface area (Å²) in [5.41, 5.74) is 0.695. The Labute approximate surface area is 82.8 Å². The first-order valence-corrected chi connectivity index (χ1v) is 4.90. The van der Waals surface area contributed by atoms with Crippen molar-refractivity contribution in [1.29, 1.82) is 0 Å². The number of halogens is 2. The van der Waals surface area contributed by atoms with E-state index in [-0.39, 0.29) is 9.92 Å². The predicted octanol–water partition coefficient (Wildman–Crippen LogP) is 2.54. The van der Waals surface area contributed by atoms with Crippen LogP contribution in [0.1, 0.15) is 5.56 Å². The minimum absolute atomic E-state index is 0.0820. The molecule has 5 heteroatoms. The Morgan fingerprint density at radius 3 is 2.42 bits per heavy atom. The molecule has 1 rings (SSSR count). The highest BCUT2D eigenvalue weighted by Gasteiger charge is 2.04. The Bertz CT molecular complexity index is 338. The van der Waals surface area contributed by atoms with Gasteiger partial charge in [-0.1, -0.05) is 23.2 Å². The zero-order chi connectivity index (χ0) is 9.30. The van der Waals surface area contributed by atoms with Gasteiger partial charge < -0.3 is 4.55 Å². The van der Waals surface area contributed by atoms with Crippen molar-refractivity contribution in [2.75, 3.05) is 0 Å². The maximum Gasteiger partial charge on any atom is 0.0570 e. The van der Waals surface area contributed by atoms with Crippen LogP contribution in [0.25, 0.3) is 0 Å². The van der Waals surface area contributed by atoms with Crippen LogP contribution in [0.15, 0.2) is 17.0 Å². The lowest BCUT2D eigenvalue weighted by molar-refractivity contribution is 0.537. The maximum absolute atomic E-state index is 10.6. The second-order valence-electron chi connectivity index (χ2n) is 2.27. The first kappa shape index (κ1) is 9.99. The highest BCUT2D eigenvalue weighted by atomic mass is 35.5. The van der Waals surface area contributed by atoms with Gasteiger partial charge in [-0.3, -0.25) is 4.21 Å². The van der Waals surface area contributed by atoms with Gasteiger partial charge in [-0.25, -0.2) is 0 Å². The fourth-order valence-corrected chi connectivity index (χ4v) is 1.82. The molecular formula is C7H5Cl2O2S-. The molecule has 0 fully saturated rings. The van der Waals surface area contributed by atoms with E-state index >= 15 is 0 Å². The second-order valence-corrected chi connectivity index (χ2v) is 3.99. The van der Waals surface area contributed by atoms with Gasteiger partial charge in [-0.15, -0.1) is 0 Å². The van der Waals surface area contributed by atoms with E-state index in [4.69, 9.17) is 23.2 Å². The zero-order valence-corrected chi connectivity index (χ0v) is 8.46. The van der Waals surface area contributed by atoms with Crippen molar-refractivity contribution in [1.82, 2.24) is 0 Å². The summed E-state index contributed by atoms with van der Waals surface area (Å²) < 4.78 is 21.1. The van der Waals surface area contributed by atoms with Crippen LogP contribution in [0.4, 0.5) is 0 Å². The molecule has 0 saturated heterocycles. The summed E-state index contributed by atoms with van der Waals surface area (Å²) in [4.78, 5) is 0.0820. The van der Waals surface area contributed by atoms with E-state index in [1.54, 1.807) is 6.92 Å². The van der Waals surface area contributed by atoms with Gasteiger partial charge in [0.1, 0.15) is 0 Å². The molecule has 1 aromatic carbocycles. The molecule has 0 saturated carbocycles. The molecule has 0 aliphatic heterocycles. The molecule has 0 amide bonds. The van der Waals surface area contributed by atoms with Gasteiger partial charge in [-0.05, 0) is 35.7 Å². The molecule has 0 N–H and O–H groups in total. The Hall–Kier alpha value is -0.0900. The molecule has 0 spiro atoms. The molecule has 1 atom stereocenters. The fourth-order valence-electron chi connectivity index (χ4n) is 0.758. The van der Waals surface area contributed by atoms with E-state index in [2.05, 4.69) is 0 Å². The quantitative estimate of drug-likeness (QED) is 0.687. The smallest absolute Gasteiger partial charge is 0.0570 e. The van der Waals surface area contributed by atoms with Crippen LogP contribution >= 0.6 is 23.2 Å². The number of hydrogen-bond acceptors (Lipinski definition) is 2. The summed E-state index contributed by atoms with van der Waals surface area (Å²) in [6, 6.07) is 2.86. The maximum atomic E-state index is 10.6. The topological polar surface area (TPSA) is 40.1 Å². The SMILES string of the molecule is Cc1cc(S(=O)[O-])c(Cl)cc1Cl. The lowest BCUT2D eigenvalue weighted by Crippen LogP contribution is -1.91. The van der Waals surface area contributed by atoms with Crippen molar-refractivity contribution in [3.05, 3.63) is 27.7 Å². The standard InChI is InChI=1S/C7H6Cl2O2S/c1-4-2-7(12(10)11)6(9)3-5(4)8/h2-3H,1H3,(H,10,11)/p-1. The largest absolute Gasteiger partial charge is 0.768 e. The van der Waals surface area contributed by atoms with Gasteiger partial charge in [0.15, 0.2) is 0 Å². The minimum Gasteiger partial charge on any atom is -0.768 e. The average molecular weight is 224 g/mol. The summed E-state index contributed by atoms with van der Waals surface area (Å²) >= 11 is 9.02. The van der Waals surface area contributed by atoms with Crippen LogP contribution in [-0.4, -0.2) is 8.76 Å². The first-order chi connectivity index (χ1) is 5.52. The van der Waals surface area contributed by atoms with Gasteiger partial charge >= 0.3 is 0 Å². The number of benzene rings is 1. The van der Waals surface area contributed by atoms with E-state index in [0.29, 0.717) is 10.6 Å². The molecule has 1 aromatic rings. The predicted molar refractivity (Wildman–Crippen MR) is 48.4 cm³/mol. The average Bonchev–Trinajstić information content (AvgIpc) is 1.96. The van der Waals surface area contributed by atoms with Gasteiger partial charge in [0.05, 0.1) is 5.02 Å².